The van der Waals surface area contributed by atoms with E-state index in [9.17, 15) is 0 Å². The molecular weight excluding hydrogens is 110 g/mol. The quantitative estimate of drug-likeness (QED) is 0.613. The van der Waals surface area contributed by atoms with E-state index in [1.54, 1.807) is 0 Å². The summed E-state index contributed by atoms with van der Waals surface area (Å²) in [4.78, 5) is 0. The van der Waals surface area contributed by atoms with Gasteiger partial charge in [0.1, 0.15) is 0 Å². The second-order valence-electron chi connectivity index (χ2n) is 3.23. The van der Waals surface area contributed by atoms with E-state index in [2.05, 4.69) is 6.92 Å². The van der Waals surface area contributed by atoms with Crippen molar-refractivity contribution in [2.75, 3.05) is 0 Å². The highest BCUT2D eigenvalue weighted by Gasteiger charge is 2.22. The van der Waals surface area contributed by atoms with Gasteiger partial charge in [0.05, 0.1) is 0 Å². The molecule has 0 aromatic carbocycles. The van der Waals surface area contributed by atoms with Crippen LogP contribution in [0.4, 0.5) is 0 Å². The van der Waals surface area contributed by atoms with Gasteiger partial charge in [0.2, 0.25) is 0 Å². The molecule has 0 amide bonds. The summed E-state index contributed by atoms with van der Waals surface area (Å²) < 4.78 is 0. The molecule has 54 valence electrons. The maximum absolute atomic E-state index is 5.83. The lowest BCUT2D eigenvalue weighted by Crippen LogP contribution is -2.19. The van der Waals surface area contributed by atoms with E-state index >= 15 is 0 Å². The van der Waals surface area contributed by atoms with Gasteiger partial charge in [-0.15, -0.1) is 0 Å². The summed E-state index contributed by atoms with van der Waals surface area (Å²) in [5.74, 6) is 1.01. The van der Waals surface area contributed by atoms with E-state index in [0.717, 1.165) is 5.92 Å². The molecule has 1 aliphatic carbocycles. The molecule has 1 saturated carbocycles. The molecule has 0 bridgehead atoms. The largest absolute Gasteiger partial charge is 0.328 e. The SMILES string of the molecule is CCC[C@H](N)CC1CC1. The van der Waals surface area contributed by atoms with Gasteiger partial charge in [-0.25, -0.2) is 0 Å². The molecule has 0 aliphatic heterocycles. The van der Waals surface area contributed by atoms with Crippen molar-refractivity contribution < 1.29 is 0 Å². The third-order valence-electron chi connectivity index (χ3n) is 1.99. The van der Waals surface area contributed by atoms with Crippen molar-refractivity contribution in [1.29, 1.82) is 0 Å². The normalized spacial score (nSPS) is 22.0. The van der Waals surface area contributed by atoms with Crippen LogP contribution < -0.4 is 5.73 Å². The fourth-order valence-electron chi connectivity index (χ4n) is 1.27. The Labute approximate surface area is 57.6 Å². The fourth-order valence-corrected chi connectivity index (χ4v) is 1.27. The van der Waals surface area contributed by atoms with Gasteiger partial charge in [0, 0.05) is 6.04 Å². The highest BCUT2D eigenvalue weighted by atomic mass is 14.6. The Kier molecular flexibility index (Phi) is 2.52. The first-order chi connectivity index (χ1) is 4.33. The van der Waals surface area contributed by atoms with Crippen LogP contribution in [0.1, 0.15) is 39.0 Å². The van der Waals surface area contributed by atoms with Crippen molar-refractivity contribution in [3.63, 3.8) is 0 Å². The van der Waals surface area contributed by atoms with E-state index < -0.39 is 0 Å². The topological polar surface area (TPSA) is 26.0 Å². The molecule has 1 atom stereocenters. The Bertz CT molecular complexity index is 76.6. The molecule has 0 aromatic heterocycles. The smallest absolute Gasteiger partial charge is 0.00413 e. The first kappa shape index (κ1) is 7.07. The zero-order valence-corrected chi connectivity index (χ0v) is 6.27. The van der Waals surface area contributed by atoms with Crippen LogP contribution in [-0.2, 0) is 0 Å². The van der Waals surface area contributed by atoms with Crippen molar-refractivity contribution >= 4 is 0 Å². The zero-order valence-electron chi connectivity index (χ0n) is 6.27. The van der Waals surface area contributed by atoms with E-state index in [0.29, 0.717) is 6.04 Å². The Morgan fingerprint density at radius 2 is 2.22 bits per heavy atom. The average molecular weight is 127 g/mol. The lowest BCUT2D eigenvalue weighted by Gasteiger charge is -2.07. The Morgan fingerprint density at radius 1 is 1.56 bits per heavy atom. The molecule has 0 unspecified atom stereocenters. The van der Waals surface area contributed by atoms with Crippen LogP contribution in [0.15, 0.2) is 0 Å². The second-order valence-corrected chi connectivity index (χ2v) is 3.23. The maximum Gasteiger partial charge on any atom is 0.00413 e. The summed E-state index contributed by atoms with van der Waals surface area (Å²) in [7, 11) is 0. The lowest BCUT2D eigenvalue weighted by molar-refractivity contribution is 0.528. The summed E-state index contributed by atoms with van der Waals surface area (Å²) >= 11 is 0. The van der Waals surface area contributed by atoms with Crippen LogP contribution in [0.3, 0.4) is 0 Å². The Morgan fingerprint density at radius 3 is 2.67 bits per heavy atom. The molecule has 1 fully saturated rings. The molecule has 1 nitrogen and oxygen atoms in total. The fraction of sp³-hybridized carbons (Fsp3) is 1.00. The average Bonchev–Trinajstić information content (AvgIpc) is 2.50. The van der Waals surface area contributed by atoms with Gasteiger partial charge in [-0.05, 0) is 18.8 Å². The third kappa shape index (κ3) is 2.85. The van der Waals surface area contributed by atoms with Crippen LogP contribution in [0.25, 0.3) is 0 Å². The molecule has 2 N–H and O–H groups in total. The van der Waals surface area contributed by atoms with Crippen molar-refractivity contribution in [3.8, 4) is 0 Å². The molecule has 9 heavy (non-hydrogen) atoms. The van der Waals surface area contributed by atoms with Crippen molar-refractivity contribution in [2.45, 2.75) is 45.1 Å². The van der Waals surface area contributed by atoms with Crippen molar-refractivity contribution in [2.24, 2.45) is 11.7 Å². The molecule has 0 saturated heterocycles. The molecular formula is C8H17N. The Hall–Kier alpha value is -0.0400. The molecule has 0 heterocycles. The van der Waals surface area contributed by atoms with Crippen LogP contribution in [-0.4, -0.2) is 6.04 Å². The van der Waals surface area contributed by atoms with Gasteiger partial charge in [0.15, 0.2) is 0 Å². The Balaban J connectivity index is 1.95. The van der Waals surface area contributed by atoms with Crippen LogP contribution in [0, 0.1) is 5.92 Å². The number of nitrogens with two attached hydrogens (primary N) is 1. The standard InChI is InChI=1S/C8H17N/c1-2-3-8(9)6-7-4-5-7/h7-8H,2-6,9H2,1H3/t8-/m0/s1. The van der Waals surface area contributed by atoms with Gasteiger partial charge < -0.3 is 5.73 Å². The van der Waals surface area contributed by atoms with Crippen LogP contribution in [0.2, 0.25) is 0 Å². The summed E-state index contributed by atoms with van der Waals surface area (Å²) in [6.45, 7) is 2.20. The zero-order chi connectivity index (χ0) is 6.69. The lowest BCUT2D eigenvalue weighted by atomic mass is 10.1. The number of hydrogen-bond donors (Lipinski definition) is 1. The predicted octanol–water partition coefficient (Wildman–Crippen LogP) is 1.91. The van der Waals surface area contributed by atoms with E-state index in [4.69, 9.17) is 5.73 Å². The van der Waals surface area contributed by atoms with Gasteiger partial charge in [-0.2, -0.15) is 0 Å². The summed E-state index contributed by atoms with van der Waals surface area (Å²) in [5.41, 5.74) is 5.83. The minimum atomic E-state index is 0.502. The van der Waals surface area contributed by atoms with Crippen molar-refractivity contribution in [1.82, 2.24) is 0 Å². The highest BCUT2D eigenvalue weighted by Crippen LogP contribution is 2.33. The van der Waals surface area contributed by atoms with Gasteiger partial charge in [0.25, 0.3) is 0 Å². The number of rotatable bonds is 4. The summed E-state index contributed by atoms with van der Waals surface area (Å²) in [6.07, 6.45) is 6.63. The number of hydrogen-bond acceptors (Lipinski definition) is 1. The van der Waals surface area contributed by atoms with E-state index in [1.165, 1.54) is 32.1 Å². The molecule has 0 spiro atoms. The maximum atomic E-state index is 5.83. The summed E-state index contributed by atoms with van der Waals surface area (Å²) in [6, 6.07) is 0.502. The van der Waals surface area contributed by atoms with Crippen LogP contribution in [0.5, 0.6) is 0 Å². The second kappa shape index (κ2) is 3.21. The minimum absolute atomic E-state index is 0.502. The molecule has 1 aliphatic rings. The first-order valence-electron chi connectivity index (χ1n) is 4.08. The highest BCUT2D eigenvalue weighted by molar-refractivity contribution is 4.77. The van der Waals surface area contributed by atoms with Gasteiger partial charge >= 0.3 is 0 Å². The van der Waals surface area contributed by atoms with Crippen LogP contribution >= 0.6 is 0 Å². The molecule has 1 heteroatoms. The molecule has 1 rings (SSSR count). The molecule has 0 radical (unpaired) electrons. The predicted molar refractivity (Wildman–Crippen MR) is 40.2 cm³/mol. The first-order valence-corrected chi connectivity index (χ1v) is 4.08. The van der Waals surface area contributed by atoms with Gasteiger partial charge in [-0.3, -0.25) is 0 Å². The third-order valence-corrected chi connectivity index (χ3v) is 1.99. The monoisotopic (exact) mass is 127 g/mol. The van der Waals surface area contributed by atoms with Crippen molar-refractivity contribution in [3.05, 3.63) is 0 Å². The van der Waals surface area contributed by atoms with E-state index in [1.807, 2.05) is 0 Å². The minimum Gasteiger partial charge on any atom is -0.328 e. The molecule has 0 aromatic rings. The van der Waals surface area contributed by atoms with Gasteiger partial charge in [-0.1, -0.05) is 26.2 Å². The summed E-state index contributed by atoms with van der Waals surface area (Å²) in [5, 5.41) is 0. The van der Waals surface area contributed by atoms with E-state index in [-0.39, 0.29) is 0 Å².